The Balaban J connectivity index is 2.32. The van der Waals surface area contributed by atoms with E-state index in [4.69, 9.17) is 0 Å². The molecule has 0 amide bonds. The van der Waals surface area contributed by atoms with Crippen molar-refractivity contribution in [3.63, 3.8) is 0 Å². The van der Waals surface area contributed by atoms with E-state index >= 15 is 0 Å². The van der Waals surface area contributed by atoms with Crippen molar-refractivity contribution in [2.75, 3.05) is 7.05 Å². The van der Waals surface area contributed by atoms with Gasteiger partial charge >= 0.3 is 0 Å². The van der Waals surface area contributed by atoms with Crippen LogP contribution in [0.1, 0.15) is 17.2 Å². The predicted molar refractivity (Wildman–Crippen MR) is 76.0 cm³/mol. The summed E-state index contributed by atoms with van der Waals surface area (Å²) in [4.78, 5) is 0. The average molecular weight is 326 g/mol. The normalized spacial score (nSPS) is 12.4. The summed E-state index contributed by atoms with van der Waals surface area (Å²) in [6.07, 6.45) is 0.262. The number of halogens is 3. The molecule has 1 atom stereocenters. The molecule has 1 N–H and O–H groups in total. The van der Waals surface area contributed by atoms with Crippen LogP contribution in [-0.4, -0.2) is 7.05 Å². The summed E-state index contributed by atoms with van der Waals surface area (Å²) < 4.78 is 28.3. The second kappa shape index (κ2) is 6.26. The van der Waals surface area contributed by atoms with Crippen LogP contribution in [0, 0.1) is 11.6 Å². The maximum atomic E-state index is 13.7. The molecule has 19 heavy (non-hydrogen) atoms. The molecule has 2 rings (SSSR count). The van der Waals surface area contributed by atoms with E-state index in [-0.39, 0.29) is 18.0 Å². The SMILES string of the molecule is CNC(Cc1c(F)cccc1F)c1ccccc1Br. The molecule has 2 aromatic rings. The first kappa shape index (κ1) is 14.2. The quantitative estimate of drug-likeness (QED) is 0.887. The summed E-state index contributed by atoms with van der Waals surface area (Å²) in [5.74, 6) is -1.01. The van der Waals surface area contributed by atoms with Crippen LogP contribution in [-0.2, 0) is 6.42 Å². The lowest BCUT2D eigenvalue weighted by molar-refractivity contribution is 0.514. The molecule has 1 unspecified atom stereocenters. The summed E-state index contributed by atoms with van der Waals surface area (Å²) >= 11 is 3.46. The Morgan fingerprint density at radius 1 is 1.05 bits per heavy atom. The average Bonchev–Trinajstić information content (AvgIpc) is 2.40. The monoisotopic (exact) mass is 325 g/mol. The van der Waals surface area contributed by atoms with Crippen molar-refractivity contribution >= 4 is 15.9 Å². The fourth-order valence-electron chi connectivity index (χ4n) is 2.06. The second-order valence-electron chi connectivity index (χ2n) is 4.27. The number of hydrogen-bond donors (Lipinski definition) is 1. The molecule has 0 saturated heterocycles. The van der Waals surface area contributed by atoms with Gasteiger partial charge in [0.2, 0.25) is 0 Å². The molecule has 0 aliphatic rings. The Bertz CT molecular complexity index is 552. The summed E-state index contributed by atoms with van der Waals surface area (Å²) in [5, 5.41) is 3.10. The van der Waals surface area contributed by atoms with E-state index in [1.54, 1.807) is 7.05 Å². The molecular weight excluding hydrogens is 312 g/mol. The number of likely N-dealkylation sites (N-methyl/N-ethyl adjacent to an activating group) is 1. The Morgan fingerprint density at radius 2 is 1.68 bits per heavy atom. The van der Waals surface area contributed by atoms with Crippen molar-refractivity contribution in [2.24, 2.45) is 0 Å². The van der Waals surface area contributed by atoms with E-state index in [9.17, 15) is 8.78 Å². The highest BCUT2D eigenvalue weighted by molar-refractivity contribution is 9.10. The van der Waals surface area contributed by atoms with Gasteiger partial charge in [0.15, 0.2) is 0 Å². The van der Waals surface area contributed by atoms with Crippen LogP contribution >= 0.6 is 15.9 Å². The molecular formula is C15H14BrF2N. The predicted octanol–water partition coefficient (Wildman–Crippen LogP) is 4.23. The van der Waals surface area contributed by atoms with E-state index < -0.39 is 11.6 Å². The van der Waals surface area contributed by atoms with E-state index in [0.717, 1.165) is 10.0 Å². The fourth-order valence-corrected chi connectivity index (χ4v) is 2.62. The molecule has 1 nitrogen and oxygen atoms in total. The highest BCUT2D eigenvalue weighted by Crippen LogP contribution is 2.27. The molecule has 0 saturated carbocycles. The van der Waals surface area contributed by atoms with Crippen LogP contribution in [0.5, 0.6) is 0 Å². The van der Waals surface area contributed by atoms with Crippen LogP contribution in [0.3, 0.4) is 0 Å². The topological polar surface area (TPSA) is 12.0 Å². The molecule has 0 radical (unpaired) electrons. The van der Waals surface area contributed by atoms with Gasteiger partial charge in [0.05, 0.1) is 0 Å². The van der Waals surface area contributed by atoms with Crippen LogP contribution in [0.4, 0.5) is 8.78 Å². The first-order valence-corrected chi connectivity index (χ1v) is 6.77. The Labute approximate surface area is 119 Å². The van der Waals surface area contributed by atoms with Crippen molar-refractivity contribution < 1.29 is 8.78 Å². The number of nitrogens with one attached hydrogen (secondary N) is 1. The molecule has 2 aromatic carbocycles. The Morgan fingerprint density at radius 3 is 2.26 bits per heavy atom. The maximum Gasteiger partial charge on any atom is 0.129 e. The van der Waals surface area contributed by atoms with E-state index in [0.29, 0.717) is 0 Å². The summed E-state index contributed by atoms with van der Waals surface area (Å²) in [5.41, 5.74) is 1.09. The van der Waals surface area contributed by atoms with Gasteiger partial charge in [0, 0.05) is 16.1 Å². The van der Waals surface area contributed by atoms with Crippen LogP contribution in [0.15, 0.2) is 46.9 Å². The summed E-state index contributed by atoms with van der Waals surface area (Å²) in [6.45, 7) is 0. The zero-order chi connectivity index (χ0) is 13.8. The smallest absolute Gasteiger partial charge is 0.129 e. The first-order chi connectivity index (χ1) is 9.13. The number of hydrogen-bond acceptors (Lipinski definition) is 1. The minimum absolute atomic E-state index is 0.109. The van der Waals surface area contributed by atoms with Crippen molar-refractivity contribution in [1.82, 2.24) is 5.32 Å². The minimum atomic E-state index is -0.507. The fraction of sp³-hybridized carbons (Fsp3) is 0.200. The van der Waals surface area contributed by atoms with E-state index in [1.165, 1.54) is 18.2 Å². The lowest BCUT2D eigenvalue weighted by Crippen LogP contribution is -2.20. The minimum Gasteiger partial charge on any atom is -0.313 e. The van der Waals surface area contributed by atoms with Gasteiger partial charge in [-0.1, -0.05) is 40.2 Å². The highest BCUT2D eigenvalue weighted by atomic mass is 79.9. The maximum absolute atomic E-state index is 13.7. The van der Waals surface area contributed by atoms with Crippen molar-refractivity contribution in [1.29, 1.82) is 0 Å². The van der Waals surface area contributed by atoms with Gasteiger partial charge in [-0.3, -0.25) is 0 Å². The van der Waals surface area contributed by atoms with Gasteiger partial charge in [-0.05, 0) is 37.2 Å². The van der Waals surface area contributed by atoms with Crippen LogP contribution in [0.2, 0.25) is 0 Å². The molecule has 0 bridgehead atoms. The van der Waals surface area contributed by atoms with Gasteiger partial charge < -0.3 is 5.32 Å². The molecule has 0 aromatic heterocycles. The molecule has 0 heterocycles. The molecule has 100 valence electrons. The van der Waals surface area contributed by atoms with Gasteiger partial charge in [-0.15, -0.1) is 0 Å². The molecule has 4 heteroatoms. The van der Waals surface area contributed by atoms with Gasteiger partial charge in [-0.25, -0.2) is 8.78 Å². The zero-order valence-corrected chi connectivity index (χ0v) is 12.0. The third-order valence-electron chi connectivity index (χ3n) is 3.10. The standard InChI is InChI=1S/C15H14BrF2N/c1-19-15(10-5-2-3-6-12(10)16)9-11-13(17)7-4-8-14(11)18/h2-8,15,19H,9H2,1H3. The summed E-state index contributed by atoms with van der Waals surface area (Å²) in [6, 6.07) is 11.5. The number of rotatable bonds is 4. The molecule has 0 aliphatic carbocycles. The van der Waals surface area contributed by atoms with E-state index in [2.05, 4.69) is 21.2 Å². The van der Waals surface area contributed by atoms with Gasteiger partial charge in [0.25, 0.3) is 0 Å². The Kier molecular flexibility index (Phi) is 4.66. The van der Waals surface area contributed by atoms with Crippen molar-refractivity contribution in [3.05, 3.63) is 69.7 Å². The third kappa shape index (κ3) is 3.19. The van der Waals surface area contributed by atoms with Crippen molar-refractivity contribution in [2.45, 2.75) is 12.5 Å². The lowest BCUT2D eigenvalue weighted by Gasteiger charge is -2.19. The largest absolute Gasteiger partial charge is 0.313 e. The zero-order valence-electron chi connectivity index (χ0n) is 10.5. The van der Waals surface area contributed by atoms with Gasteiger partial charge in [-0.2, -0.15) is 0 Å². The second-order valence-corrected chi connectivity index (χ2v) is 5.12. The van der Waals surface area contributed by atoms with Crippen LogP contribution in [0.25, 0.3) is 0 Å². The van der Waals surface area contributed by atoms with Gasteiger partial charge in [0.1, 0.15) is 11.6 Å². The molecule has 0 aliphatic heterocycles. The molecule has 0 fully saturated rings. The highest BCUT2D eigenvalue weighted by Gasteiger charge is 2.17. The summed E-state index contributed by atoms with van der Waals surface area (Å²) in [7, 11) is 1.78. The first-order valence-electron chi connectivity index (χ1n) is 5.98. The molecule has 0 spiro atoms. The Hall–Kier alpha value is -1.26. The van der Waals surface area contributed by atoms with E-state index in [1.807, 2.05) is 24.3 Å². The lowest BCUT2D eigenvalue weighted by atomic mass is 9.98. The van der Waals surface area contributed by atoms with Crippen molar-refractivity contribution in [3.8, 4) is 0 Å². The third-order valence-corrected chi connectivity index (χ3v) is 3.82. The van der Waals surface area contributed by atoms with Crippen LogP contribution < -0.4 is 5.32 Å². The number of benzene rings is 2.